The van der Waals surface area contributed by atoms with E-state index in [1.807, 2.05) is 0 Å². The third-order valence-corrected chi connectivity index (χ3v) is 3.39. The minimum absolute atomic E-state index is 0.282. The molecule has 3 nitrogen and oxygen atoms in total. The van der Waals surface area contributed by atoms with Gasteiger partial charge in [-0.05, 0) is 37.6 Å². The average molecular weight is 185 g/mol. The summed E-state index contributed by atoms with van der Waals surface area (Å²) in [6.07, 6.45) is 3.61. The van der Waals surface area contributed by atoms with Crippen LogP contribution in [0.3, 0.4) is 0 Å². The molecule has 0 bridgehead atoms. The number of hydrogen-bond donors (Lipinski definition) is 2. The van der Waals surface area contributed by atoms with Crippen molar-refractivity contribution < 1.29 is 9.84 Å². The van der Waals surface area contributed by atoms with Crippen LogP contribution in [0.15, 0.2) is 0 Å². The molecule has 2 heterocycles. The normalized spacial score (nSPS) is 40.8. The molecule has 76 valence electrons. The van der Waals surface area contributed by atoms with Gasteiger partial charge in [0.1, 0.15) is 0 Å². The third kappa shape index (κ3) is 2.22. The fraction of sp³-hybridized carbons (Fsp3) is 1.00. The molecule has 2 saturated heterocycles. The van der Waals surface area contributed by atoms with E-state index in [1.54, 1.807) is 0 Å². The van der Waals surface area contributed by atoms with E-state index < -0.39 is 0 Å². The maximum Gasteiger partial charge on any atom is 0.0584 e. The van der Waals surface area contributed by atoms with Crippen LogP contribution in [0.25, 0.3) is 0 Å². The van der Waals surface area contributed by atoms with Crippen molar-refractivity contribution in [1.29, 1.82) is 0 Å². The van der Waals surface area contributed by atoms with Crippen molar-refractivity contribution in [2.75, 3.05) is 26.4 Å². The van der Waals surface area contributed by atoms with Gasteiger partial charge in [-0.25, -0.2) is 0 Å². The summed E-state index contributed by atoms with van der Waals surface area (Å²) in [6.45, 7) is 3.23. The van der Waals surface area contributed by atoms with Gasteiger partial charge in [0.05, 0.1) is 6.61 Å². The quantitative estimate of drug-likeness (QED) is 0.653. The second kappa shape index (κ2) is 4.40. The molecule has 2 fully saturated rings. The molecule has 2 aliphatic rings. The van der Waals surface area contributed by atoms with Gasteiger partial charge in [-0.15, -0.1) is 0 Å². The van der Waals surface area contributed by atoms with Gasteiger partial charge in [-0.2, -0.15) is 0 Å². The van der Waals surface area contributed by atoms with E-state index in [0.29, 0.717) is 6.04 Å². The van der Waals surface area contributed by atoms with Crippen molar-refractivity contribution in [3.63, 3.8) is 0 Å². The maximum absolute atomic E-state index is 9.06. The van der Waals surface area contributed by atoms with Crippen LogP contribution in [-0.4, -0.2) is 37.5 Å². The van der Waals surface area contributed by atoms with Crippen molar-refractivity contribution in [3.05, 3.63) is 0 Å². The summed E-state index contributed by atoms with van der Waals surface area (Å²) in [5.41, 5.74) is 0. The number of hydrogen-bond acceptors (Lipinski definition) is 3. The molecule has 3 atom stereocenters. The summed E-state index contributed by atoms with van der Waals surface area (Å²) < 4.78 is 5.40. The number of aliphatic hydroxyl groups is 1. The molecule has 0 aromatic rings. The first-order chi connectivity index (χ1) is 6.40. The summed E-state index contributed by atoms with van der Waals surface area (Å²) in [7, 11) is 0. The molecule has 0 radical (unpaired) electrons. The monoisotopic (exact) mass is 185 g/mol. The molecule has 0 spiro atoms. The largest absolute Gasteiger partial charge is 0.395 e. The van der Waals surface area contributed by atoms with Crippen LogP contribution < -0.4 is 5.32 Å². The summed E-state index contributed by atoms with van der Waals surface area (Å²) in [4.78, 5) is 0. The predicted molar refractivity (Wildman–Crippen MR) is 50.5 cm³/mol. The van der Waals surface area contributed by atoms with Crippen LogP contribution in [0, 0.1) is 11.8 Å². The molecule has 0 aromatic carbocycles. The first-order valence-electron chi connectivity index (χ1n) is 5.32. The lowest BCUT2D eigenvalue weighted by molar-refractivity contribution is 0.136. The smallest absolute Gasteiger partial charge is 0.0584 e. The van der Waals surface area contributed by atoms with Crippen molar-refractivity contribution >= 4 is 0 Å². The van der Waals surface area contributed by atoms with Crippen LogP contribution in [0.4, 0.5) is 0 Å². The number of ether oxygens (including phenoxy) is 1. The first-order valence-corrected chi connectivity index (χ1v) is 5.32. The van der Waals surface area contributed by atoms with E-state index >= 15 is 0 Å². The minimum Gasteiger partial charge on any atom is -0.395 e. The lowest BCUT2D eigenvalue weighted by Gasteiger charge is -2.32. The van der Waals surface area contributed by atoms with Crippen molar-refractivity contribution in [2.24, 2.45) is 11.8 Å². The Bertz CT molecular complexity index is 157. The molecule has 0 saturated carbocycles. The summed E-state index contributed by atoms with van der Waals surface area (Å²) in [6, 6.07) is 0.333. The topological polar surface area (TPSA) is 41.5 Å². The van der Waals surface area contributed by atoms with Crippen molar-refractivity contribution in [2.45, 2.75) is 25.3 Å². The Morgan fingerprint density at radius 1 is 1.31 bits per heavy atom. The Hall–Kier alpha value is -0.120. The zero-order chi connectivity index (χ0) is 9.10. The Morgan fingerprint density at radius 2 is 2.23 bits per heavy atom. The van der Waals surface area contributed by atoms with Crippen LogP contribution in [0.2, 0.25) is 0 Å². The van der Waals surface area contributed by atoms with Gasteiger partial charge < -0.3 is 15.2 Å². The van der Waals surface area contributed by atoms with Crippen molar-refractivity contribution in [3.8, 4) is 0 Å². The summed E-state index contributed by atoms with van der Waals surface area (Å²) in [5, 5.41) is 12.4. The first kappa shape index (κ1) is 9.44. The van der Waals surface area contributed by atoms with E-state index in [4.69, 9.17) is 9.84 Å². The molecule has 0 amide bonds. The number of rotatable bonds is 2. The van der Waals surface area contributed by atoms with E-state index in [1.165, 1.54) is 12.8 Å². The van der Waals surface area contributed by atoms with Gasteiger partial charge in [0.25, 0.3) is 0 Å². The molecule has 2 rings (SSSR count). The lowest BCUT2D eigenvalue weighted by atomic mass is 9.82. The maximum atomic E-state index is 9.06. The molecule has 0 aliphatic carbocycles. The van der Waals surface area contributed by atoms with Gasteiger partial charge in [0.2, 0.25) is 0 Å². The fourth-order valence-corrected chi connectivity index (χ4v) is 2.53. The van der Waals surface area contributed by atoms with Crippen LogP contribution in [0.1, 0.15) is 19.3 Å². The van der Waals surface area contributed by atoms with Crippen LogP contribution >= 0.6 is 0 Å². The van der Waals surface area contributed by atoms with Gasteiger partial charge in [-0.1, -0.05) is 0 Å². The minimum atomic E-state index is 0.282. The third-order valence-electron chi connectivity index (χ3n) is 3.39. The molecule has 0 aromatic heterocycles. The average Bonchev–Trinajstić information content (AvgIpc) is 2.71. The fourth-order valence-electron chi connectivity index (χ4n) is 2.53. The highest BCUT2D eigenvalue weighted by molar-refractivity contribution is 4.83. The standard InChI is InChI=1S/C10H19NO2/c12-6-10-5-8(1-3-11-10)9-2-4-13-7-9/h8-12H,1-7H2. The second-order valence-electron chi connectivity index (χ2n) is 4.24. The van der Waals surface area contributed by atoms with Gasteiger partial charge in [0, 0.05) is 19.3 Å². The van der Waals surface area contributed by atoms with Gasteiger partial charge >= 0.3 is 0 Å². The molecule has 3 heteroatoms. The molecular formula is C10H19NO2. The van der Waals surface area contributed by atoms with Gasteiger partial charge in [0.15, 0.2) is 0 Å². The highest BCUT2D eigenvalue weighted by Crippen LogP contribution is 2.30. The summed E-state index contributed by atoms with van der Waals surface area (Å²) in [5.74, 6) is 1.54. The zero-order valence-corrected chi connectivity index (χ0v) is 8.04. The highest BCUT2D eigenvalue weighted by atomic mass is 16.5. The second-order valence-corrected chi connectivity index (χ2v) is 4.24. The lowest BCUT2D eigenvalue weighted by Crippen LogP contribution is -2.42. The van der Waals surface area contributed by atoms with Crippen LogP contribution in [0.5, 0.6) is 0 Å². The zero-order valence-electron chi connectivity index (χ0n) is 8.04. The molecule has 13 heavy (non-hydrogen) atoms. The molecule has 2 N–H and O–H groups in total. The Kier molecular flexibility index (Phi) is 3.19. The Balaban J connectivity index is 1.84. The highest BCUT2D eigenvalue weighted by Gasteiger charge is 2.30. The van der Waals surface area contributed by atoms with E-state index in [0.717, 1.165) is 38.0 Å². The Labute approximate surface area is 79.5 Å². The molecule has 3 unspecified atom stereocenters. The SMILES string of the molecule is OCC1CC(C2CCOC2)CCN1. The number of nitrogens with one attached hydrogen (secondary N) is 1. The number of piperidine rings is 1. The van der Waals surface area contributed by atoms with E-state index in [-0.39, 0.29) is 6.61 Å². The molecular weight excluding hydrogens is 166 g/mol. The Morgan fingerprint density at radius 3 is 2.92 bits per heavy atom. The molecule has 2 aliphatic heterocycles. The number of aliphatic hydroxyl groups excluding tert-OH is 1. The summed E-state index contributed by atoms with van der Waals surface area (Å²) >= 11 is 0. The van der Waals surface area contributed by atoms with Gasteiger partial charge in [-0.3, -0.25) is 0 Å². The van der Waals surface area contributed by atoms with E-state index in [9.17, 15) is 0 Å². The predicted octanol–water partition coefficient (Wildman–Crippen LogP) is 0.383. The van der Waals surface area contributed by atoms with Crippen molar-refractivity contribution in [1.82, 2.24) is 5.32 Å². The van der Waals surface area contributed by atoms with E-state index in [2.05, 4.69) is 5.32 Å². The van der Waals surface area contributed by atoms with Crippen LogP contribution in [-0.2, 0) is 4.74 Å².